The van der Waals surface area contributed by atoms with Crippen molar-refractivity contribution < 1.29 is 9.53 Å². The van der Waals surface area contributed by atoms with E-state index in [1.165, 1.54) is 5.69 Å². The van der Waals surface area contributed by atoms with E-state index in [1.54, 1.807) is 6.20 Å². The van der Waals surface area contributed by atoms with E-state index >= 15 is 0 Å². The summed E-state index contributed by atoms with van der Waals surface area (Å²) in [6.45, 7) is 2.28. The van der Waals surface area contributed by atoms with E-state index in [0.29, 0.717) is 18.1 Å². The fraction of sp³-hybridized carbons (Fsp3) is 0.565. The van der Waals surface area contributed by atoms with Crippen molar-refractivity contribution in [1.82, 2.24) is 4.90 Å². The maximum absolute atomic E-state index is 12.6. The van der Waals surface area contributed by atoms with Crippen LogP contribution in [0.25, 0.3) is 5.57 Å². The highest BCUT2D eigenvalue weighted by atomic mass is 16.5. The number of ether oxygens (including phenoxy) is 1. The number of benzene rings is 1. The minimum Gasteiger partial charge on any atom is -0.483 e. The second-order valence-electron chi connectivity index (χ2n) is 8.59. The Balaban J connectivity index is 1.65. The van der Waals surface area contributed by atoms with E-state index in [0.717, 1.165) is 61.0 Å². The van der Waals surface area contributed by atoms with Crippen LogP contribution in [0.15, 0.2) is 23.3 Å². The lowest BCUT2D eigenvalue weighted by Crippen LogP contribution is -2.35. The van der Waals surface area contributed by atoms with Gasteiger partial charge in [-0.05, 0) is 57.6 Å². The van der Waals surface area contributed by atoms with Gasteiger partial charge in [0.2, 0.25) is 0 Å². The van der Waals surface area contributed by atoms with Crippen LogP contribution in [0, 0.1) is 0 Å². The highest BCUT2D eigenvalue weighted by molar-refractivity contribution is 6.11. The number of amides is 1. The van der Waals surface area contributed by atoms with Gasteiger partial charge in [-0.2, -0.15) is 0 Å². The molecule has 0 spiro atoms. The standard InChI is InChI=1S/C23H32N4O2/c1-15-4-9-20-21(26(15)2)11-10-19(16(12-24)13-25-17-5-6-17)23(20)29-14-22(28)27(3)18-7-8-18/h10-13,15,17-18H,4-9,14,24H2,1-3H3. The molecule has 6 nitrogen and oxygen atoms in total. The lowest BCUT2D eigenvalue weighted by molar-refractivity contribution is -0.132. The van der Waals surface area contributed by atoms with E-state index in [-0.39, 0.29) is 12.5 Å². The summed E-state index contributed by atoms with van der Waals surface area (Å²) in [4.78, 5) is 21.3. The molecule has 1 aliphatic heterocycles. The van der Waals surface area contributed by atoms with Crippen molar-refractivity contribution in [2.24, 2.45) is 10.7 Å². The molecule has 1 unspecified atom stereocenters. The van der Waals surface area contributed by atoms with Gasteiger partial charge in [0.1, 0.15) is 5.75 Å². The number of hydrogen-bond donors (Lipinski definition) is 1. The van der Waals surface area contributed by atoms with Crippen LogP contribution in [0.3, 0.4) is 0 Å². The Labute approximate surface area is 173 Å². The third kappa shape index (κ3) is 4.26. The van der Waals surface area contributed by atoms with Gasteiger partial charge in [0, 0.05) is 61.0 Å². The summed E-state index contributed by atoms with van der Waals surface area (Å²) in [6, 6.07) is 5.47. The zero-order valence-corrected chi connectivity index (χ0v) is 17.7. The highest BCUT2D eigenvalue weighted by Crippen LogP contribution is 2.40. The first kappa shape index (κ1) is 19.8. The first-order valence-electron chi connectivity index (χ1n) is 10.7. The Morgan fingerprint density at radius 1 is 1.31 bits per heavy atom. The van der Waals surface area contributed by atoms with Crippen LogP contribution in [0.2, 0.25) is 0 Å². The SMILES string of the molecule is CC1CCc2c(ccc(C(C=NC3CC3)=CN)c2OCC(=O)N(C)C2CC2)N1C. The Morgan fingerprint density at radius 2 is 2.07 bits per heavy atom. The lowest BCUT2D eigenvalue weighted by atomic mass is 9.92. The quantitative estimate of drug-likeness (QED) is 0.719. The van der Waals surface area contributed by atoms with Gasteiger partial charge in [-0.3, -0.25) is 9.79 Å². The van der Waals surface area contributed by atoms with Crippen LogP contribution in [0.4, 0.5) is 5.69 Å². The summed E-state index contributed by atoms with van der Waals surface area (Å²) in [7, 11) is 3.99. The monoisotopic (exact) mass is 396 g/mol. The summed E-state index contributed by atoms with van der Waals surface area (Å²) in [5.41, 5.74) is 10.1. The molecule has 0 aromatic heterocycles. The topological polar surface area (TPSA) is 71.2 Å². The number of anilines is 1. The van der Waals surface area contributed by atoms with E-state index in [2.05, 4.69) is 36.0 Å². The largest absolute Gasteiger partial charge is 0.483 e. The van der Waals surface area contributed by atoms with Gasteiger partial charge in [0.15, 0.2) is 6.61 Å². The second kappa shape index (κ2) is 8.09. The fourth-order valence-corrected chi connectivity index (χ4v) is 3.88. The first-order valence-corrected chi connectivity index (χ1v) is 10.7. The van der Waals surface area contributed by atoms with Crippen molar-refractivity contribution in [3.05, 3.63) is 29.5 Å². The molecule has 0 radical (unpaired) electrons. The van der Waals surface area contributed by atoms with Crippen LogP contribution in [-0.4, -0.2) is 55.8 Å². The second-order valence-corrected chi connectivity index (χ2v) is 8.59. The van der Waals surface area contributed by atoms with Crippen LogP contribution in [0.5, 0.6) is 5.75 Å². The molecular formula is C23H32N4O2. The average molecular weight is 397 g/mol. The third-order valence-electron chi connectivity index (χ3n) is 6.38. The van der Waals surface area contributed by atoms with Crippen molar-refractivity contribution >= 4 is 23.4 Å². The molecule has 1 atom stereocenters. The predicted octanol–water partition coefficient (Wildman–Crippen LogP) is 2.99. The summed E-state index contributed by atoms with van der Waals surface area (Å²) in [5.74, 6) is 0.802. The number of likely N-dealkylation sites (N-methyl/N-ethyl adjacent to an activating group) is 1. The minimum absolute atomic E-state index is 0.0264. The van der Waals surface area contributed by atoms with Crippen molar-refractivity contribution in [2.45, 2.75) is 63.6 Å². The molecule has 2 saturated carbocycles. The van der Waals surface area contributed by atoms with Crippen molar-refractivity contribution in [1.29, 1.82) is 0 Å². The van der Waals surface area contributed by atoms with Crippen LogP contribution < -0.4 is 15.4 Å². The number of allylic oxidation sites excluding steroid dienone is 1. The molecule has 156 valence electrons. The maximum Gasteiger partial charge on any atom is 0.260 e. The molecule has 1 heterocycles. The molecule has 1 amide bonds. The minimum atomic E-state index is 0.0264. The Hall–Kier alpha value is -2.50. The smallest absolute Gasteiger partial charge is 0.260 e. The number of rotatable bonds is 7. The van der Waals surface area contributed by atoms with Gasteiger partial charge in [-0.1, -0.05) is 0 Å². The number of hydrogen-bond acceptors (Lipinski definition) is 5. The number of carbonyl (C=O) groups is 1. The third-order valence-corrected chi connectivity index (χ3v) is 6.38. The van der Waals surface area contributed by atoms with E-state index in [1.807, 2.05) is 18.2 Å². The van der Waals surface area contributed by atoms with E-state index < -0.39 is 0 Å². The molecule has 1 aromatic carbocycles. The molecule has 4 rings (SSSR count). The molecule has 2 N–H and O–H groups in total. The van der Waals surface area contributed by atoms with Gasteiger partial charge in [0.05, 0.1) is 6.04 Å². The number of nitrogens with zero attached hydrogens (tertiary/aromatic N) is 3. The van der Waals surface area contributed by atoms with Crippen LogP contribution >= 0.6 is 0 Å². The van der Waals surface area contributed by atoms with Crippen LogP contribution in [-0.2, 0) is 11.2 Å². The normalized spacial score (nSPS) is 22.0. The van der Waals surface area contributed by atoms with Gasteiger partial charge >= 0.3 is 0 Å². The van der Waals surface area contributed by atoms with E-state index in [9.17, 15) is 4.79 Å². The summed E-state index contributed by atoms with van der Waals surface area (Å²) >= 11 is 0. The molecule has 0 saturated heterocycles. The molecular weight excluding hydrogens is 364 g/mol. The molecule has 29 heavy (non-hydrogen) atoms. The Bertz CT molecular complexity index is 840. The highest BCUT2D eigenvalue weighted by Gasteiger charge is 2.31. The lowest BCUT2D eigenvalue weighted by Gasteiger charge is -2.35. The van der Waals surface area contributed by atoms with Gasteiger partial charge in [-0.25, -0.2) is 0 Å². The zero-order chi connectivity index (χ0) is 20.5. The van der Waals surface area contributed by atoms with Crippen molar-refractivity contribution in [3.63, 3.8) is 0 Å². The van der Waals surface area contributed by atoms with Crippen molar-refractivity contribution in [2.75, 3.05) is 25.6 Å². The molecule has 1 aromatic rings. The molecule has 6 heteroatoms. The first-order chi connectivity index (χ1) is 14.0. The fourth-order valence-electron chi connectivity index (χ4n) is 3.88. The summed E-state index contributed by atoms with van der Waals surface area (Å²) in [5, 5.41) is 0. The summed E-state index contributed by atoms with van der Waals surface area (Å²) in [6.07, 6.45) is 9.90. The van der Waals surface area contributed by atoms with Crippen molar-refractivity contribution in [3.8, 4) is 5.75 Å². The van der Waals surface area contributed by atoms with Gasteiger partial charge in [-0.15, -0.1) is 0 Å². The number of carbonyl (C=O) groups excluding carboxylic acids is 1. The molecule has 3 aliphatic rings. The number of nitrogens with two attached hydrogens (primary N) is 1. The molecule has 2 aliphatic carbocycles. The van der Waals surface area contributed by atoms with Gasteiger partial charge < -0.3 is 20.3 Å². The molecule has 2 fully saturated rings. The van der Waals surface area contributed by atoms with E-state index in [4.69, 9.17) is 10.5 Å². The average Bonchev–Trinajstić information content (AvgIpc) is 3.62. The molecule has 0 bridgehead atoms. The zero-order valence-electron chi connectivity index (χ0n) is 17.7. The van der Waals surface area contributed by atoms with Gasteiger partial charge in [0.25, 0.3) is 5.91 Å². The predicted molar refractivity (Wildman–Crippen MR) is 118 cm³/mol. The maximum atomic E-state index is 12.6. The van der Waals surface area contributed by atoms with Crippen LogP contribution in [0.1, 0.15) is 50.2 Å². The summed E-state index contributed by atoms with van der Waals surface area (Å²) < 4.78 is 6.21. The number of fused-ring (bicyclic) bond motifs is 1. The Kier molecular flexibility index (Phi) is 5.52. The Morgan fingerprint density at radius 3 is 2.72 bits per heavy atom. The number of aliphatic imine (C=N–C) groups is 1.